The summed E-state index contributed by atoms with van der Waals surface area (Å²) >= 11 is 0. The van der Waals surface area contributed by atoms with E-state index in [0.717, 1.165) is 62.6 Å². The van der Waals surface area contributed by atoms with Crippen LogP contribution in [-0.4, -0.2) is 35.3 Å². The molecule has 2 aliphatic rings. The number of carbonyl (C=O) groups is 2. The van der Waals surface area contributed by atoms with E-state index >= 15 is 0 Å². The quantitative estimate of drug-likeness (QED) is 0.828. The molecule has 1 spiro atoms. The molecule has 1 atom stereocenters. The molecule has 4 nitrogen and oxygen atoms in total. The molecule has 1 saturated carbocycles. The van der Waals surface area contributed by atoms with E-state index in [1.807, 2.05) is 24.3 Å². The van der Waals surface area contributed by atoms with Crippen LogP contribution >= 0.6 is 0 Å². The molecule has 1 aliphatic heterocycles. The lowest BCUT2D eigenvalue weighted by Gasteiger charge is -2.53. The van der Waals surface area contributed by atoms with Gasteiger partial charge in [-0.15, -0.1) is 0 Å². The van der Waals surface area contributed by atoms with Crippen LogP contribution in [0.5, 0.6) is 0 Å². The highest BCUT2D eigenvalue weighted by atomic mass is 16.2. The Morgan fingerprint density at radius 2 is 1.88 bits per heavy atom. The van der Waals surface area contributed by atoms with Crippen LogP contribution in [0.15, 0.2) is 24.3 Å². The molecule has 0 bridgehead atoms. The van der Waals surface area contributed by atoms with Crippen LogP contribution in [0.1, 0.15) is 87.1 Å². The molecule has 1 heterocycles. The van der Waals surface area contributed by atoms with Gasteiger partial charge in [-0.05, 0) is 37.3 Å². The Kier molecular flexibility index (Phi) is 6.00. The number of fused-ring (bicyclic) bond motifs is 1. The summed E-state index contributed by atoms with van der Waals surface area (Å²) in [6.07, 6.45) is 8.20. The largest absolute Gasteiger partial charge is 0.356 e. The van der Waals surface area contributed by atoms with Crippen LogP contribution in [-0.2, 0) is 4.79 Å². The minimum absolute atomic E-state index is 0.0928. The molecule has 3 rings (SSSR count). The number of unbranched alkanes of at least 4 members (excludes halogenated alkanes) is 1. The zero-order valence-corrected chi connectivity index (χ0v) is 16.2. The van der Waals surface area contributed by atoms with Crippen LogP contribution in [0.2, 0.25) is 0 Å². The fraction of sp³-hybridized carbons (Fsp3) is 0.636. The van der Waals surface area contributed by atoms with E-state index in [0.29, 0.717) is 6.54 Å². The molecule has 0 unspecified atom stereocenters. The predicted octanol–water partition coefficient (Wildman–Crippen LogP) is 4.26. The molecule has 1 aliphatic carbocycles. The number of benzene rings is 1. The van der Waals surface area contributed by atoms with Crippen molar-refractivity contribution in [2.45, 2.75) is 76.7 Å². The Hall–Kier alpha value is -1.84. The maximum atomic E-state index is 13.4. The van der Waals surface area contributed by atoms with Crippen molar-refractivity contribution in [2.75, 3.05) is 13.1 Å². The first kappa shape index (κ1) is 18.9. The second-order valence-electron chi connectivity index (χ2n) is 7.79. The highest BCUT2D eigenvalue weighted by Gasteiger charge is 2.54. The van der Waals surface area contributed by atoms with Crippen LogP contribution in [0.25, 0.3) is 0 Å². The van der Waals surface area contributed by atoms with Crippen molar-refractivity contribution in [3.63, 3.8) is 0 Å². The van der Waals surface area contributed by atoms with E-state index < -0.39 is 0 Å². The van der Waals surface area contributed by atoms with Crippen molar-refractivity contribution >= 4 is 11.8 Å². The van der Waals surface area contributed by atoms with Crippen LogP contribution < -0.4 is 5.32 Å². The van der Waals surface area contributed by atoms with Gasteiger partial charge in [0.1, 0.15) is 0 Å². The highest BCUT2D eigenvalue weighted by molar-refractivity contribution is 6.02. The van der Waals surface area contributed by atoms with Gasteiger partial charge in [0, 0.05) is 18.7 Å². The molecule has 0 saturated heterocycles. The zero-order valence-electron chi connectivity index (χ0n) is 16.2. The lowest BCUT2D eigenvalue weighted by Crippen LogP contribution is -2.62. The molecular formula is C22H32N2O2. The Morgan fingerprint density at radius 3 is 2.58 bits per heavy atom. The van der Waals surface area contributed by atoms with E-state index in [9.17, 15) is 9.59 Å². The van der Waals surface area contributed by atoms with Crippen molar-refractivity contribution in [2.24, 2.45) is 0 Å². The summed E-state index contributed by atoms with van der Waals surface area (Å²) in [4.78, 5) is 28.7. The second kappa shape index (κ2) is 8.24. The summed E-state index contributed by atoms with van der Waals surface area (Å²) in [6.45, 7) is 5.67. The average molecular weight is 357 g/mol. The third-order valence-electron chi connectivity index (χ3n) is 6.09. The second-order valence-corrected chi connectivity index (χ2v) is 7.79. The standard InChI is InChI=1S/C22H32N2O2/c1-3-5-16-24-21(26)18-12-8-7-11-17(18)19(20(25)23-15-4-2)22(24)13-9-6-10-14-22/h7-8,11-12,19H,3-6,9-10,13-16H2,1-2H3,(H,23,25)/t19-/m0/s1. The number of hydrogen-bond donors (Lipinski definition) is 1. The number of rotatable bonds is 6. The third-order valence-corrected chi connectivity index (χ3v) is 6.09. The Balaban J connectivity index is 2.10. The molecular weight excluding hydrogens is 324 g/mol. The summed E-state index contributed by atoms with van der Waals surface area (Å²) in [5.74, 6) is -0.0363. The summed E-state index contributed by atoms with van der Waals surface area (Å²) in [5.41, 5.74) is 1.30. The van der Waals surface area contributed by atoms with E-state index in [1.165, 1.54) is 6.42 Å². The van der Waals surface area contributed by atoms with Gasteiger partial charge in [-0.2, -0.15) is 0 Å². The van der Waals surface area contributed by atoms with E-state index in [1.54, 1.807) is 0 Å². The monoisotopic (exact) mass is 356 g/mol. The number of hydrogen-bond acceptors (Lipinski definition) is 2. The van der Waals surface area contributed by atoms with Gasteiger partial charge < -0.3 is 10.2 Å². The highest BCUT2D eigenvalue weighted by Crippen LogP contribution is 2.49. The van der Waals surface area contributed by atoms with Crippen molar-refractivity contribution in [3.8, 4) is 0 Å². The molecule has 1 fully saturated rings. The van der Waals surface area contributed by atoms with Crippen LogP contribution in [0.3, 0.4) is 0 Å². The molecule has 1 aromatic carbocycles. The first-order valence-corrected chi connectivity index (χ1v) is 10.3. The fourth-order valence-electron chi connectivity index (χ4n) is 4.83. The Morgan fingerprint density at radius 1 is 1.15 bits per heavy atom. The smallest absolute Gasteiger partial charge is 0.254 e. The van der Waals surface area contributed by atoms with Crippen LogP contribution in [0, 0.1) is 0 Å². The van der Waals surface area contributed by atoms with Crippen molar-refractivity contribution in [1.82, 2.24) is 10.2 Å². The number of carbonyl (C=O) groups excluding carboxylic acids is 2. The molecule has 0 radical (unpaired) electrons. The lowest BCUT2D eigenvalue weighted by atomic mass is 9.65. The summed E-state index contributed by atoms with van der Waals surface area (Å²) in [7, 11) is 0. The van der Waals surface area contributed by atoms with Gasteiger partial charge in [-0.1, -0.05) is 57.7 Å². The topological polar surface area (TPSA) is 49.4 Å². The maximum absolute atomic E-state index is 13.4. The molecule has 4 heteroatoms. The Bertz CT molecular complexity index is 649. The van der Waals surface area contributed by atoms with Gasteiger partial charge >= 0.3 is 0 Å². The maximum Gasteiger partial charge on any atom is 0.254 e. The van der Waals surface area contributed by atoms with Gasteiger partial charge in [0.15, 0.2) is 0 Å². The van der Waals surface area contributed by atoms with Gasteiger partial charge in [0.25, 0.3) is 5.91 Å². The third kappa shape index (κ3) is 3.26. The van der Waals surface area contributed by atoms with Crippen molar-refractivity contribution in [1.29, 1.82) is 0 Å². The number of nitrogens with zero attached hydrogens (tertiary/aromatic N) is 1. The number of amides is 2. The normalized spacial score (nSPS) is 21.5. The molecule has 0 aromatic heterocycles. The van der Waals surface area contributed by atoms with Crippen molar-refractivity contribution < 1.29 is 9.59 Å². The van der Waals surface area contributed by atoms with Crippen LogP contribution in [0.4, 0.5) is 0 Å². The fourth-order valence-corrected chi connectivity index (χ4v) is 4.83. The first-order valence-electron chi connectivity index (χ1n) is 10.3. The van der Waals surface area contributed by atoms with Gasteiger partial charge in [0.2, 0.25) is 5.91 Å². The number of nitrogens with one attached hydrogen (secondary N) is 1. The lowest BCUT2D eigenvalue weighted by molar-refractivity contribution is -0.127. The molecule has 1 N–H and O–H groups in total. The summed E-state index contributed by atoms with van der Waals surface area (Å²) in [6, 6.07) is 7.77. The minimum atomic E-state index is -0.351. The van der Waals surface area contributed by atoms with Gasteiger partial charge in [0.05, 0.1) is 11.5 Å². The Labute approximate surface area is 157 Å². The van der Waals surface area contributed by atoms with Crippen molar-refractivity contribution in [3.05, 3.63) is 35.4 Å². The van der Waals surface area contributed by atoms with E-state index in [2.05, 4.69) is 24.1 Å². The van der Waals surface area contributed by atoms with E-state index in [-0.39, 0.29) is 23.3 Å². The van der Waals surface area contributed by atoms with Gasteiger partial charge in [-0.25, -0.2) is 0 Å². The summed E-state index contributed by atoms with van der Waals surface area (Å²) < 4.78 is 0. The predicted molar refractivity (Wildman–Crippen MR) is 104 cm³/mol. The summed E-state index contributed by atoms with van der Waals surface area (Å²) in [5, 5.41) is 3.13. The minimum Gasteiger partial charge on any atom is -0.356 e. The molecule has 2 amide bonds. The first-order chi connectivity index (χ1) is 12.7. The van der Waals surface area contributed by atoms with Gasteiger partial charge in [-0.3, -0.25) is 9.59 Å². The average Bonchev–Trinajstić information content (AvgIpc) is 2.67. The molecule has 1 aromatic rings. The SMILES string of the molecule is CCCCN1C(=O)c2ccccc2[C@@H](C(=O)NCCC)C12CCCCC2. The molecule has 142 valence electrons. The zero-order chi connectivity index (χ0) is 18.6. The van der Waals surface area contributed by atoms with E-state index in [4.69, 9.17) is 0 Å². The molecule has 26 heavy (non-hydrogen) atoms.